The summed E-state index contributed by atoms with van der Waals surface area (Å²) >= 11 is 8.82. The van der Waals surface area contributed by atoms with Crippen molar-refractivity contribution in [2.75, 3.05) is 0 Å². The molecule has 2 aromatic rings. The standard InChI is InChI=1S/C8H5BrClNO/c9-8-11-6-2-1-5(4-10)3-7(6)12-8/h1-3H,4H2. The Hall–Kier alpha value is -0.540. The molecule has 62 valence electrons. The molecule has 1 aromatic carbocycles. The average molecular weight is 246 g/mol. The molecule has 2 rings (SSSR count). The van der Waals surface area contributed by atoms with E-state index >= 15 is 0 Å². The molecule has 0 atom stereocenters. The number of aromatic nitrogens is 1. The zero-order valence-electron chi connectivity index (χ0n) is 6.05. The zero-order valence-corrected chi connectivity index (χ0v) is 8.39. The van der Waals surface area contributed by atoms with E-state index in [4.69, 9.17) is 16.0 Å². The number of alkyl halides is 1. The van der Waals surface area contributed by atoms with Crippen molar-refractivity contribution in [3.05, 3.63) is 28.6 Å². The number of oxazole rings is 1. The van der Waals surface area contributed by atoms with Crippen molar-refractivity contribution in [2.45, 2.75) is 5.88 Å². The summed E-state index contributed by atoms with van der Waals surface area (Å²) in [6.45, 7) is 0. The molecule has 0 aliphatic rings. The van der Waals surface area contributed by atoms with Crippen LogP contribution in [-0.2, 0) is 5.88 Å². The molecule has 1 heterocycles. The molecule has 1 aromatic heterocycles. The monoisotopic (exact) mass is 245 g/mol. The molecule has 0 spiro atoms. The predicted molar refractivity (Wildman–Crippen MR) is 51.3 cm³/mol. The van der Waals surface area contributed by atoms with Gasteiger partial charge in [0.15, 0.2) is 5.58 Å². The van der Waals surface area contributed by atoms with Crippen LogP contribution in [0, 0.1) is 0 Å². The molecule has 0 aliphatic carbocycles. The fourth-order valence-electron chi connectivity index (χ4n) is 1.02. The SMILES string of the molecule is ClCc1ccc2nc(Br)oc2c1. The fourth-order valence-corrected chi connectivity index (χ4v) is 1.56. The third-order valence-corrected chi connectivity index (χ3v) is 2.23. The van der Waals surface area contributed by atoms with Crippen molar-refractivity contribution in [1.29, 1.82) is 0 Å². The second kappa shape index (κ2) is 3.07. The highest BCUT2D eigenvalue weighted by Crippen LogP contribution is 2.20. The Bertz CT molecular complexity index is 412. The van der Waals surface area contributed by atoms with Crippen LogP contribution in [0.2, 0.25) is 0 Å². The molecule has 0 radical (unpaired) electrons. The van der Waals surface area contributed by atoms with Crippen molar-refractivity contribution in [3.63, 3.8) is 0 Å². The van der Waals surface area contributed by atoms with E-state index in [1.807, 2.05) is 18.2 Å². The molecule has 0 aliphatic heterocycles. The van der Waals surface area contributed by atoms with Crippen LogP contribution in [0.15, 0.2) is 27.4 Å². The van der Waals surface area contributed by atoms with E-state index in [-0.39, 0.29) is 0 Å². The highest BCUT2D eigenvalue weighted by molar-refractivity contribution is 9.10. The molecule has 0 bridgehead atoms. The van der Waals surface area contributed by atoms with E-state index in [0.717, 1.165) is 16.7 Å². The van der Waals surface area contributed by atoms with Crippen molar-refractivity contribution >= 4 is 38.6 Å². The van der Waals surface area contributed by atoms with E-state index < -0.39 is 0 Å². The van der Waals surface area contributed by atoms with Gasteiger partial charge in [-0.2, -0.15) is 0 Å². The minimum absolute atomic E-state index is 0.494. The van der Waals surface area contributed by atoms with Crippen LogP contribution in [0.1, 0.15) is 5.56 Å². The minimum atomic E-state index is 0.494. The van der Waals surface area contributed by atoms with E-state index in [1.165, 1.54) is 0 Å². The van der Waals surface area contributed by atoms with Gasteiger partial charge in [0.05, 0.1) is 0 Å². The van der Waals surface area contributed by atoms with E-state index in [0.29, 0.717) is 10.7 Å². The lowest BCUT2D eigenvalue weighted by atomic mass is 10.2. The maximum absolute atomic E-state index is 5.66. The summed E-state index contributed by atoms with van der Waals surface area (Å²) in [4.78, 5) is 4.60. The van der Waals surface area contributed by atoms with Gasteiger partial charge in [0.25, 0.3) is 4.80 Å². The van der Waals surface area contributed by atoms with Crippen molar-refractivity contribution in [1.82, 2.24) is 4.98 Å². The second-order valence-corrected chi connectivity index (χ2v) is 3.35. The van der Waals surface area contributed by atoms with Gasteiger partial charge in [-0.3, -0.25) is 0 Å². The Morgan fingerprint density at radius 2 is 2.33 bits per heavy atom. The van der Waals surface area contributed by atoms with Gasteiger partial charge in [-0.15, -0.1) is 11.6 Å². The van der Waals surface area contributed by atoms with Crippen LogP contribution in [0.5, 0.6) is 0 Å². The maximum atomic E-state index is 5.66. The number of fused-ring (bicyclic) bond motifs is 1. The van der Waals surface area contributed by atoms with Crippen molar-refractivity contribution in [3.8, 4) is 0 Å². The Kier molecular flexibility index (Phi) is 2.07. The third kappa shape index (κ3) is 1.34. The predicted octanol–water partition coefficient (Wildman–Crippen LogP) is 3.33. The molecule has 12 heavy (non-hydrogen) atoms. The highest BCUT2D eigenvalue weighted by atomic mass is 79.9. The summed E-state index contributed by atoms with van der Waals surface area (Å²) in [6.07, 6.45) is 0. The minimum Gasteiger partial charge on any atom is -0.431 e. The number of nitrogens with zero attached hydrogens (tertiary/aromatic N) is 1. The molecule has 0 N–H and O–H groups in total. The molecule has 0 fully saturated rings. The van der Waals surface area contributed by atoms with Gasteiger partial charge in [-0.05, 0) is 17.7 Å². The van der Waals surface area contributed by atoms with Gasteiger partial charge in [0, 0.05) is 21.8 Å². The lowest BCUT2D eigenvalue weighted by molar-refractivity contribution is 0.570. The maximum Gasteiger partial charge on any atom is 0.265 e. The van der Waals surface area contributed by atoms with Crippen molar-refractivity contribution < 1.29 is 4.42 Å². The van der Waals surface area contributed by atoms with Crippen LogP contribution in [0.3, 0.4) is 0 Å². The molecule has 0 saturated heterocycles. The quantitative estimate of drug-likeness (QED) is 0.721. The molecule has 0 amide bonds. The highest BCUT2D eigenvalue weighted by Gasteiger charge is 2.02. The topological polar surface area (TPSA) is 26.0 Å². The summed E-state index contributed by atoms with van der Waals surface area (Å²) in [5, 5.41) is 0. The van der Waals surface area contributed by atoms with Crippen LogP contribution >= 0.6 is 27.5 Å². The van der Waals surface area contributed by atoms with Crippen LogP contribution in [-0.4, -0.2) is 4.98 Å². The summed E-state index contributed by atoms with van der Waals surface area (Å²) in [7, 11) is 0. The largest absolute Gasteiger partial charge is 0.431 e. The number of hydrogen-bond acceptors (Lipinski definition) is 2. The average Bonchev–Trinajstić information content (AvgIpc) is 2.43. The van der Waals surface area contributed by atoms with E-state index in [1.54, 1.807) is 0 Å². The molecule has 0 saturated carbocycles. The first-order valence-corrected chi connectivity index (χ1v) is 4.73. The fraction of sp³-hybridized carbons (Fsp3) is 0.125. The third-order valence-electron chi connectivity index (χ3n) is 1.58. The molecule has 0 unspecified atom stereocenters. The number of hydrogen-bond donors (Lipinski definition) is 0. The first kappa shape index (κ1) is 8.08. The van der Waals surface area contributed by atoms with Gasteiger partial charge in [0.2, 0.25) is 0 Å². The summed E-state index contributed by atoms with van der Waals surface area (Å²) in [5.41, 5.74) is 2.64. The Morgan fingerprint density at radius 3 is 3.08 bits per heavy atom. The normalized spacial score (nSPS) is 10.8. The molecule has 4 heteroatoms. The van der Waals surface area contributed by atoms with Gasteiger partial charge < -0.3 is 4.42 Å². The number of benzene rings is 1. The van der Waals surface area contributed by atoms with Gasteiger partial charge in [-0.1, -0.05) is 6.07 Å². The molecular weight excluding hydrogens is 241 g/mol. The summed E-state index contributed by atoms with van der Waals surface area (Å²) in [6, 6.07) is 5.71. The first-order valence-electron chi connectivity index (χ1n) is 3.40. The second-order valence-electron chi connectivity index (χ2n) is 2.40. The van der Waals surface area contributed by atoms with Gasteiger partial charge in [-0.25, -0.2) is 4.98 Å². The van der Waals surface area contributed by atoms with Crippen LogP contribution < -0.4 is 0 Å². The zero-order chi connectivity index (χ0) is 8.55. The van der Waals surface area contributed by atoms with Crippen molar-refractivity contribution in [2.24, 2.45) is 0 Å². The Morgan fingerprint density at radius 1 is 1.50 bits per heavy atom. The summed E-state index contributed by atoms with van der Waals surface area (Å²) in [5.74, 6) is 0.494. The van der Waals surface area contributed by atoms with Crippen LogP contribution in [0.25, 0.3) is 11.1 Å². The Labute approximate surface area is 82.7 Å². The molecule has 2 nitrogen and oxygen atoms in total. The molecular formula is C8H5BrClNO. The van der Waals surface area contributed by atoms with Gasteiger partial charge >= 0.3 is 0 Å². The van der Waals surface area contributed by atoms with Crippen LogP contribution in [0.4, 0.5) is 0 Å². The first-order chi connectivity index (χ1) is 5.79. The lowest BCUT2D eigenvalue weighted by Gasteiger charge is -1.91. The van der Waals surface area contributed by atoms with E-state index in [9.17, 15) is 0 Å². The lowest BCUT2D eigenvalue weighted by Crippen LogP contribution is -1.75. The van der Waals surface area contributed by atoms with E-state index in [2.05, 4.69) is 20.9 Å². The summed E-state index contributed by atoms with van der Waals surface area (Å²) < 4.78 is 5.26. The smallest absolute Gasteiger partial charge is 0.265 e. The van der Waals surface area contributed by atoms with Gasteiger partial charge in [0.1, 0.15) is 5.52 Å². The number of halogens is 2. The number of rotatable bonds is 1. The Balaban J connectivity index is 2.66.